The Bertz CT molecular complexity index is 995. The predicted molar refractivity (Wildman–Crippen MR) is 126 cm³/mol. The van der Waals surface area contributed by atoms with Crippen molar-refractivity contribution in [2.75, 3.05) is 14.2 Å². The predicted octanol–water partition coefficient (Wildman–Crippen LogP) is 6.84. The third-order valence-electron chi connectivity index (χ3n) is 5.94. The fourth-order valence-corrected chi connectivity index (χ4v) is 4.90. The van der Waals surface area contributed by atoms with Crippen LogP contribution in [0.1, 0.15) is 43.2 Å². The first-order valence-electron chi connectivity index (χ1n) is 10.9. The molecule has 2 aliphatic carbocycles. The molecule has 2 aromatic carbocycles. The molecule has 0 aliphatic heterocycles. The third-order valence-corrected chi connectivity index (χ3v) is 7.27. The quantitative estimate of drug-likeness (QED) is 0.436. The maximum atomic E-state index is 5.25. The van der Waals surface area contributed by atoms with Crippen LogP contribution in [0.25, 0.3) is 10.9 Å². The number of rotatable bonds is 6. The minimum atomic E-state index is 0.711. The Labute approximate surface area is 184 Å². The Morgan fingerprint density at radius 1 is 0.967 bits per heavy atom. The van der Waals surface area contributed by atoms with E-state index in [1.54, 1.807) is 26.0 Å². The molecule has 3 aromatic rings. The van der Waals surface area contributed by atoms with Crippen LogP contribution in [0.15, 0.2) is 53.6 Å². The van der Waals surface area contributed by atoms with Crippen molar-refractivity contribution in [3.05, 3.63) is 59.8 Å². The summed E-state index contributed by atoms with van der Waals surface area (Å²) in [5, 5.41) is 2.03. The van der Waals surface area contributed by atoms with Crippen LogP contribution in [0, 0.1) is 12.8 Å². The summed E-state index contributed by atoms with van der Waals surface area (Å²) < 4.78 is 10.5. The lowest BCUT2D eigenvalue weighted by Gasteiger charge is -2.25. The van der Waals surface area contributed by atoms with Crippen molar-refractivity contribution in [2.45, 2.75) is 55.6 Å². The van der Waals surface area contributed by atoms with E-state index in [4.69, 9.17) is 9.47 Å². The molecule has 0 unspecified atom stereocenters. The number of aryl methyl sites for hydroxylation is 1. The van der Waals surface area contributed by atoms with Crippen LogP contribution in [0.2, 0.25) is 0 Å². The molecule has 0 bridgehead atoms. The molecule has 4 heteroatoms. The van der Waals surface area contributed by atoms with E-state index in [2.05, 4.69) is 47.9 Å². The van der Waals surface area contributed by atoms with Crippen molar-refractivity contribution in [2.24, 2.45) is 5.92 Å². The molecular formula is C26H31NO2S. The summed E-state index contributed by atoms with van der Waals surface area (Å²) in [5.41, 5.74) is 3.67. The van der Waals surface area contributed by atoms with E-state index < -0.39 is 0 Å². The molecule has 0 spiro atoms. The Morgan fingerprint density at radius 2 is 1.73 bits per heavy atom. The SMILES string of the molecule is COc1cc2nccc(C)c2cc1OC.c1cc(CC2CCC2)cc(SC2CC2)c1. The molecule has 0 radical (unpaired) electrons. The average molecular weight is 422 g/mol. The van der Waals surface area contributed by atoms with Crippen molar-refractivity contribution in [3.63, 3.8) is 0 Å². The molecule has 0 saturated heterocycles. The fraction of sp³-hybridized carbons (Fsp3) is 0.423. The van der Waals surface area contributed by atoms with E-state index in [9.17, 15) is 0 Å². The lowest BCUT2D eigenvalue weighted by molar-refractivity contribution is 0.314. The smallest absolute Gasteiger partial charge is 0.162 e. The van der Waals surface area contributed by atoms with Crippen LogP contribution >= 0.6 is 11.8 Å². The Balaban J connectivity index is 0.000000145. The molecular weight excluding hydrogens is 390 g/mol. The minimum absolute atomic E-state index is 0.711. The van der Waals surface area contributed by atoms with Gasteiger partial charge >= 0.3 is 0 Å². The van der Waals surface area contributed by atoms with Gasteiger partial charge in [0, 0.05) is 27.8 Å². The highest BCUT2D eigenvalue weighted by Gasteiger charge is 2.23. The summed E-state index contributed by atoms with van der Waals surface area (Å²) in [6.07, 6.45) is 10.3. The average Bonchev–Trinajstić information content (AvgIpc) is 3.55. The van der Waals surface area contributed by atoms with Crippen molar-refractivity contribution < 1.29 is 9.47 Å². The molecule has 5 rings (SSSR count). The van der Waals surface area contributed by atoms with Gasteiger partial charge in [-0.05, 0) is 67.5 Å². The topological polar surface area (TPSA) is 31.4 Å². The zero-order chi connectivity index (χ0) is 20.9. The van der Waals surface area contributed by atoms with Crippen molar-refractivity contribution in [1.82, 2.24) is 4.98 Å². The van der Waals surface area contributed by atoms with Crippen molar-refractivity contribution in [3.8, 4) is 11.5 Å². The van der Waals surface area contributed by atoms with Gasteiger partial charge in [-0.15, -0.1) is 11.8 Å². The van der Waals surface area contributed by atoms with E-state index in [-0.39, 0.29) is 0 Å². The zero-order valence-electron chi connectivity index (χ0n) is 18.2. The number of thioether (sulfide) groups is 1. The second-order valence-electron chi connectivity index (χ2n) is 8.32. The van der Waals surface area contributed by atoms with E-state index in [1.807, 2.05) is 18.2 Å². The van der Waals surface area contributed by atoms with Gasteiger partial charge < -0.3 is 9.47 Å². The van der Waals surface area contributed by atoms with E-state index in [0.29, 0.717) is 5.75 Å². The molecule has 30 heavy (non-hydrogen) atoms. The summed E-state index contributed by atoms with van der Waals surface area (Å²) in [4.78, 5) is 5.79. The first kappa shape index (κ1) is 21.0. The second-order valence-corrected chi connectivity index (χ2v) is 9.69. The minimum Gasteiger partial charge on any atom is -0.493 e. The molecule has 0 amide bonds. The molecule has 2 fully saturated rings. The lowest BCUT2D eigenvalue weighted by Crippen LogP contribution is -2.13. The third kappa shape index (κ3) is 5.28. The van der Waals surface area contributed by atoms with Crippen LogP contribution in [-0.4, -0.2) is 24.5 Å². The summed E-state index contributed by atoms with van der Waals surface area (Å²) in [5.74, 6) is 2.44. The second kappa shape index (κ2) is 9.74. The number of benzene rings is 2. The summed E-state index contributed by atoms with van der Waals surface area (Å²) in [7, 11) is 3.26. The summed E-state index contributed by atoms with van der Waals surface area (Å²) in [6, 6.07) is 15.1. The van der Waals surface area contributed by atoms with Crippen LogP contribution in [0.4, 0.5) is 0 Å². The Hall–Kier alpha value is -2.20. The maximum Gasteiger partial charge on any atom is 0.162 e. The number of methoxy groups -OCH3 is 2. The van der Waals surface area contributed by atoms with Gasteiger partial charge in [-0.1, -0.05) is 31.4 Å². The van der Waals surface area contributed by atoms with Gasteiger partial charge in [0.1, 0.15) is 0 Å². The van der Waals surface area contributed by atoms with Crippen molar-refractivity contribution in [1.29, 1.82) is 0 Å². The molecule has 158 valence electrons. The summed E-state index contributed by atoms with van der Waals surface area (Å²) in [6.45, 7) is 2.05. The van der Waals surface area contributed by atoms with Gasteiger partial charge in [-0.2, -0.15) is 0 Å². The van der Waals surface area contributed by atoms with Gasteiger partial charge in [0.2, 0.25) is 0 Å². The van der Waals surface area contributed by atoms with Crippen LogP contribution in [0.5, 0.6) is 11.5 Å². The van der Waals surface area contributed by atoms with Crippen LogP contribution < -0.4 is 9.47 Å². The molecule has 3 nitrogen and oxygen atoms in total. The fourth-order valence-electron chi connectivity index (χ4n) is 3.76. The number of hydrogen-bond donors (Lipinski definition) is 0. The highest BCUT2D eigenvalue weighted by molar-refractivity contribution is 8.00. The molecule has 0 N–H and O–H groups in total. The summed E-state index contributed by atoms with van der Waals surface area (Å²) >= 11 is 2.08. The van der Waals surface area contributed by atoms with Gasteiger partial charge in [-0.3, -0.25) is 4.98 Å². The van der Waals surface area contributed by atoms with Gasteiger partial charge in [0.05, 0.1) is 19.7 Å². The number of nitrogens with zero attached hydrogens (tertiary/aromatic N) is 1. The monoisotopic (exact) mass is 421 g/mol. The lowest BCUT2D eigenvalue weighted by atomic mass is 9.81. The molecule has 2 saturated carbocycles. The highest BCUT2D eigenvalue weighted by Crippen LogP contribution is 2.39. The number of pyridine rings is 1. The van der Waals surface area contributed by atoms with Gasteiger partial charge in [0.15, 0.2) is 11.5 Å². The highest BCUT2D eigenvalue weighted by atomic mass is 32.2. The first-order valence-corrected chi connectivity index (χ1v) is 11.8. The Morgan fingerprint density at radius 3 is 2.40 bits per heavy atom. The zero-order valence-corrected chi connectivity index (χ0v) is 19.0. The van der Waals surface area contributed by atoms with Gasteiger partial charge in [0.25, 0.3) is 0 Å². The van der Waals surface area contributed by atoms with E-state index >= 15 is 0 Å². The maximum absolute atomic E-state index is 5.25. The molecule has 1 heterocycles. The molecule has 0 atom stereocenters. The van der Waals surface area contributed by atoms with Crippen LogP contribution in [0.3, 0.4) is 0 Å². The largest absolute Gasteiger partial charge is 0.493 e. The number of aromatic nitrogens is 1. The number of fused-ring (bicyclic) bond motifs is 1. The molecule has 2 aliphatic rings. The normalized spacial score (nSPS) is 15.8. The Kier molecular flexibility index (Phi) is 6.83. The van der Waals surface area contributed by atoms with Crippen LogP contribution in [-0.2, 0) is 6.42 Å². The number of ether oxygens (including phenoxy) is 2. The van der Waals surface area contributed by atoms with E-state index in [1.165, 1.54) is 49.0 Å². The first-order chi connectivity index (χ1) is 14.7. The number of hydrogen-bond acceptors (Lipinski definition) is 4. The van der Waals surface area contributed by atoms with Gasteiger partial charge in [-0.25, -0.2) is 0 Å². The van der Waals surface area contributed by atoms with E-state index in [0.717, 1.165) is 27.8 Å². The molecule has 1 aromatic heterocycles. The standard InChI is InChI=1S/C14H18S.C12H13NO2/c1-3-11(4-1)9-12-5-2-6-14(10-12)15-13-7-8-13;1-8-4-5-13-10-7-12(15-3)11(14-2)6-9(8)10/h2,5-6,10-11,13H,1,3-4,7-9H2;4-7H,1-3H3. The van der Waals surface area contributed by atoms with Crippen molar-refractivity contribution >= 4 is 22.7 Å².